The van der Waals surface area contributed by atoms with Crippen molar-refractivity contribution in [1.29, 1.82) is 0 Å². The summed E-state index contributed by atoms with van der Waals surface area (Å²) in [7, 11) is -2.27. The van der Waals surface area contributed by atoms with Crippen LogP contribution in [0.4, 0.5) is 0 Å². The molecule has 0 aliphatic heterocycles. The number of likely N-dealkylation sites (N-methyl/N-ethyl adjacent to an activating group) is 1. The molecular weight excluding hydrogens is 278 g/mol. The molecule has 0 spiro atoms. The van der Waals surface area contributed by atoms with Crippen LogP contribution in [0.15, 0.2) is 35.2 Å². The summed E-state index contributed by atoms with van der Waals surface area (Å²) in [5.74, 6) is 0.266. The van der Waals surface area contributed by atoms with E-state index in [0.717, 1.165) is 5.57 Å². The third kappa shape index (κ3) is 3.59. The van der Waals surface area contributed by atoms with Crippen LogP contribution in [-0.4, -0.2) is 38.0 Å². The summed E-state index contributed by atoms with van der Waals surface area (Å²) in [5, 5.41) is 9.17. The Balaban J connectivity index is 3.35. The van der Waals surface area contributed by atoms with Crippen molar-refractivity contribution in [2.24, 2.45) is 0 Å². The Hall–Kier alpha value is -1.37. The third-order valence-corrected chi connectivity index (χ3v) is 4.77. The zero-order valence-corrected chi connectivity index (χ0v) is 12.9. The zero-order chi connectivity index (χ0) is 15.3. The number of sulfonamides is 1. The summed E-state index contributed by atoms with van der Waals surface area (Å²) >= 11 is 0. The van der Waals surface area contributed by atoms with Gasteiger partial charge in [0.15, 0.2) is 0 Å². The summed E-state index contributed by atoms with van der Waals surface area (Å²) in [5.41, 5.74) is 1.28. The van der Waals surface area contributed by atoms with Crippen LogP contribution < -0.4 is 4.74 Å². The first-order chi connectivity index (χ1) is 9.36. The van der Waals surface area contributed by atoms with Crippen LogP contribution in [-0.2, 0) is 16.6 Å². The van der Waals surface area contributed by atoms with Crippen molar-refractivity contribution < 1.29 is 18.3 Å². The second-order valence-corrected chi connectivity index (χ2v) is 6.44. The fourth-order valence-electron chi connectivity index (χ4n) is 1.83. The van der Waals surface area contributed by atoms with Crippen molar-refractivity contribution in [3.8, 4) is 5.75 Å². The lowest BCUT2D eigenvalue weighted by atomic mass is 10.2. The Morgan fingerprint density at radius 2 is 2.10 bits per heavy atom. The zero-order valence-electron chi connectivity index (χ0n) is 12.1. The second-order valence-electron chi connectivity index (χ2n) is 4.53. The van der Waals surface area contributed by atoms with E-state index in [4.69, 9.17) is 9.84 Å². The molecule has 0 saturated carbocycles. The molecule has 0 aromatic heterocycles. The van der Waals surface area contributed by atoms with Crippen LogP contribution in [0.3, 0.4) is 0 Å². The van der Waals surface area contributed by atoms with Gasteiger partial charge in [-0.3, -0.25) is 0 Å². The molecule has 5 nitrogen and oxygen atoms in total. The maximum atomic E-state index is 12.7. The van der Waals surface area contributed by atoms with E-state index in [0.29, 0.717) is 12.1 Å². The van der Waals surface area contributed by atoms with Gasteiger partial charge in [-0.25, -0.2) is 8.42 Å². The Bertz CT molecular complexity index is 581. The molecule has 20 heavy (non-hydrogen) atoms. The highest BCUT2D eigenvalue weighted by molar-refractivity contribution is 7.89. The summed E-state index contributed by atoms with van der Waals surface area (Å²) in [6.07, 6.45) is 0. The van der Waals surface area contributed by atoms with E-state index in [1.54, 1.807) is 26.0 Å². The molecule has 0 bridgehead atoms. The first-order valence-corrected chi connectivity index (χ1v) is 7.73. The highest BCUT2D eigenvalue weighted by atomic mass is 32.2. The lowest BCUT2D eigenvalue weighted by Gasteiger charge is -2.22. The van der Waals surface area contributed by atoms with Gasteiger partial charge in [-0.1, -0.05) is 25.1 Å². The second kappa shape index (κ2) is 6.88. The molecule has 0 aliphatic carbocycles. The summed E-state index contributed by atoms with van der Waals surface area (Å²) in [6.45, 7) is 7.66. The van der Waals surface area contributed by atoms with Crippen LogP contribution in [0.1, 0.15) is 19.4 Å². The first kappa shape index (κ1) is 16.7. The Labute approximate surface area is 120 Å². The van der Waals surface area contributed by atoms with Gasteiger partial charge in [-0.2, -0.15) is 4.31 Å². The molecule has 1 N–H and O–H groups in total. The van der Waals surface area contributed by atoms with Gasteiger partial charge in [-0.05, 0) is 24.6 Å². The molecule has 1 aromatic carbocycles. The quantitative estimate of drug-likeness (QED) is 0.779. The Kier molecular flexibility index (Phi) is 5.74. The molecule has 0 saturated heterocycles. The fraction of sp³-hybridized carbons (Fsp3) is 0.429. The molecular formula is C14H21NO4S. The van der Waals surface area contributed by atoms with Crippen LogP contribution in [0.25, 0.3) is 0 Å². The SMILES string of the molecule is C=C(C)CN(CC)S(=O)(=O)c1cc(CO)ccc1OC. The lowest BCUT2D eigenvalue weighted by molar-refractivity contribution is 0.281. The van der Waals surface area contributed by atoms with E-state index in [-0.39, 0.29) is 23.8 Å². The topological polar surface area (TPSA) is 66.8 Å². The molecule has 0 radical (unpaired) electrons. The monoisotopic (exact) mass is 299 g/mol. The van der Waals surface area contributed by atoms with Crippen molar-refractivity contribution in [2.45, 2.75) is 25.3 Å². The number of benzene rings is 1. The van der Waals surface area contributed by atoms with Crippen molar-refractivity contribution in [3.63, 3.8) is 0 Å². The number of rotatable bonds is 7. The number of hydrogen-bond acceptors (Lipinski definition) is 4. The molecule has 1 aromatic rings. The predicted molar refractivity (Wildman–Crippen MR) is 78.2 cm³/mol. The summed E-state index contributed by atoms with van der Waals surface area (Å²) in [6, 6.07) is 4.62. The van der Waals surface area contributed by atoms with Crippen LogP contribution in [0, 0.1) is 0 Å². The van der Waals surface area contributed by atoms with Crippen molar-refractivity contribution in [3.05, 3.63) is 35.9 Å². The minimum atomic E-state index is -3.69. The van der Waals surface area contributed by atoms with Gasteiger partial charge < -0.3 is 9.84 Å². The van der Waals surface area contributed by atoms with E-state index in [2.05, 4.69) is 6.58 Å². The largest absolute Gasteiger partial charge is 0.495 e. The average Bonchev–Trinajstić information content (AvgIpc) is 2.43. The minimum absolute atomic E-state index is 0.0645. The molecule has 0 heterocycles. The van der Waals surface area contributed by atoms with Crippen molar-refractivity contribution in [2.75, 3.05) is 20.2 Å². The van der Waals surface area contributed by atoms with E-state index in [1.807, 2.05) is 0 Å². The van der Waals surface area contributed by atoms with Gasteiger partial charge in [0.05, 0.1) is 13.7 Å². The molecule has 1 rings (SSSR count). The van der Waals surface area contributed by atoms with Crippen molar-refractivity contribution in [1.82, 2.24) is 4.31 Å². The minimum Gasteiger partial charge on any atom is -0.495 e. The third-order valence-electron chi connectivity index (χ3n) is 2.83. The van der Waals surface area contributed by atoms with Crippen LogP contribution in [0.5, 0.6) is 5.75 Å². The lowest BCUT2D eigenvalue weighted by Crippen LogP contribution is -2.32. The van der Waals surface area contributed by atoms with Gasteiger partial charge in [0.25, 0.3) is 0 Å². The van der Waals surface area contributed by atoms with Gasteiger partial charge in [0.2, 0.25) is 10.0 Å². The predicted octanol–water partition coefficient (Wildman–Crippen LogP) is 1.77. The number of ether oxygens (including phenoxy) is 1. The number of hydrogen-bond donors (Lipinski definition) is 1. The molecule has 0 unspecified atom stereocenters. The number of aliphatic hydroxyl groups excluding tert-OH is 1. The maximum absolute atomic E-state index is 12.7. The molecule has 0 atom stereocenters. The Morgan fingerprint density at radius 1 is 1.45 bits per heavy atom. The molecule has 0 fully saturated rings. The normalized spacial score (nSPS) is 11.7. The fourth-order valence-corrected chi connectivity index (χ4v) is 3.54. The number of nitrogens with zero attached hydrogens (tertiary/aromatic N) is 1. The van der Waals surface area contributed by atoms with E-state index >= 15 is 0 Å². The van der Waals surface area contributed by atoms with Crippen molar-refractivity contribution >= 4 is 10.0 Å². The molecule has 0 aliphatic rings. The first-order valence-electron chi connectivity index (χ1n) is 6.29. The molecule has 112 valence electrons. The molecule has 6 heteroatoms. The molecule has 0 amide bonds. The average molecular weight is 299 g/mol. The highest BCUT2D eigenvalue weighted by Gasteiger charge is 2.26. The van der Waals surface area contributed by atoms with E-state index in [9.17, 15) is 8.42 Å². The summed E-state index contributed by atoms with van der Waals surface area (Å²) < 4.78 is 31.8. The van der Waals surface area contributed by atoms with Gasteiger partial charge in [0, 0.05) is 13.1 Å². The van der Waals surface area contributed by atoms with Crippen LogP contribution >= 0.6 is 0 Å². The number of aliphatic hydroxyl groups is 1. The smallest absolute Gasteiger partial charge is 0.247 e. The van der Waals surface area contributed by atoms with Gasteiger partial charge in [-0.15, -0.1) is 0 Å². The van der Waals surface area contributed by atoms with E-state index < -0.39 is 10.0 Å². The number of methoxy groups -OCH3 is 1. The van der Waals surface area contributed by atoms with Crippen LogP contribution in [0.2, 0.25) is 0 Å². The Morgan fingerprint density at radius 3 is 2.55 bits per heavy atom. The van der Waals surface area contributed by atoms with Gasteiger partial charge in [0.1, 0.15) is 10.6 Å². The summed E-state index contributed by atoms with van der Waals surface area (Å²) in [4.78, 5) is 0.0645. The maximum Gasteiger partial charge on any atom is 0.247 e. The standard InChI is InChI=1S/C14H21NO4S/c1-5-15(9-11(2)3)20(17,18)14-8-12(10-16)6-7-13(14)19-4/h6-8,16H,2,5,9-10H2,1,3-4H3. The van der Waals surface area contributed by atoms with Gasteiger partial charge >= 0.3 is 0 Å². The van der Waals surface area contributed by atoms with E-state index in [1.165, 1.54) is 17.5 Å². The highest BCUT2D eigenvalue weighted by Crippen LogP contribution is 2.28.